The first-order chi connectivity index (χ1) is 9.65. The van der Waals surface area contributed by atoms with Gasteiger partial charge in [0.25, 0.3) is 0 Å². The van der Waals surface area contributed by atoms with Gasteiger partial charge in [0.2, 0.25) is 0 Å². The van der Waals surface area contributed by atoms with Crippen molar-refractivity contribution in [1.29, 1.82) is 0 Å². The molecule has 2 aliphatic rings. The van der Waals surface area contributed by atoms with Crippen molar-refractivity contribution in [3.8, 4) is 0 Å². The standard InChI is InChI=1S/C17H25ClN2/c1-12(2)16-7-15(9-18)8-17(19-16)20(10-13-3-4-13)11-14-5-6-14/h7-8,12-14H,3-6,9-11H2,1-2H3. The number of alkyl halides is 1. The Morgan fingerprint density at radius 1 is 1.15 bits per heavy atom. The molecule has 1 aromatic rings. The van der Waals surface area contributed by atoms with Crippen LogP contribution in [0.5, 0.6) is 0 Å². The second-order valence-corrected chi connectivity index (χ2v) is 7.11. The number of halogens is 1. The fourth-order valence-corrected chi connectivity index (χ4v) is 2.77. The maximum absolute atomic E-state index is 6.07. The summed E-state index contributed by atoms with van der Waals surface area (Å²) in [6.45, 7) is 6.78. The second kappa shape index (κ2) is 5.93. The highest BCUT2D eigenvalue weighted by Crippen LogP contribution is 2.35. The third-order valence-corrected chi connectivity index (χ3v) is 4.62. The Labute approximate surface area is 127 Å². The first kappa shape index (κ1) is 14.2. The molecule has 1 aromatic heterocycles. The molecule has 0 spiro atoms. The van der Waals surface area contributed by atoms with Crippen molar-refractivity contribution in [2.75, 3.05) is 18.0 Å². The van der Waals surface area contributed by atoms with Gasteiger partial charge in [0.05, 0.1) is 0 Å². The normalized spacial score (nSPS) is 18.6. The molecule has 2 fully saturated rings. The van der Waals surface area contributed by atoms with Gasteiger partial charge in [0.1, 0.15) is 5.82 Å². The van der Waals surface area contributed by atoms with Crippen LogP contribution in [-0.4, -0.2) is 18.1 Å². The van der Waals surface area contributed by atoms with E-state index in [-0.39, 0.29) is 0 Å². The van der Waals surface area contributed by atoms with Crippen molar-refractivity contribution < 1.29 is 0 Å². The smallest absolute Gasteiger partial charge is 0.129 e. The Morgan fingerprint density at radius 3 is 2.20 bits per heavy atom. The van der Waals surface area contributed by atoms with E-state index in [9.17, 15) is 0 Å². The SMILES string of the molecule is CC(C)c1cc(CCl)cc(N(CC2CC2)CC2CC2)n1. The molecule has 1 heterocycles. The minimum absolute atomic E-state index is 0.459. The Kier molecular flexibility index (Phi) is 4.21. The molecular weight excluding hydrogens is 268 g/mol. The van der Waals surface area contributed by atoms with E-state index < -0.39 is 0 Å². The van der Waals surface area contributed by atoms with Crippen molar-refractivity contribution in [1.82, 2.24) is 4.98 Å². The topological polar surface area (TPSA) is 16.1 Å². The number of aromatic nitrogens is 1. The summed E-state index contributed by atoms with van der Waals surface area (Å²) in [5, 5.41) is 0. The van der Waals surface area contributed by atoms with E-state index in [2.05, 4.69) is 30.9 Å². The zero-order chi connectivity index (χ0) is 14.1. The summed E-state index contributed by atoms with van der Waals surface area (Å²) < 4.78 is 0. The summed E-state index contributed by atoms with van der Waals surface area (Å²) in [7, 11) is 0. The van der Waals surface area contributed by atoms with Crippen molar-refractivity contribution in [3.63, 3.8) is 0 Å². The van der Waals surface area contributed by atoms with Gasteiger partial charge < -0.3 is 4.90 Å². The molecule has 0 aromatic carbocycles. The van der Waals surface area contributed by atoms with Crippen LogP contribution >= 0.6 is 11.6 Å². The highest BCUT2D eigenvalue weighted by Gasteiger charge is 2.30. The molecule has 3 heteroatoms. The Bertz CT molecular complexity index is 450. The maximum atomic E-state index is 6.07. The fourth-order valence-electron chi connectivity index (χ4n) is 2.61. The van der Waals surface area contributed by atoms with Gasteiger partial charge in [-0.25, -0.2) is 4.98 Å². The predicted octanol–water partition coefficient (Wildman–Crippen LogP) is 4.57. The first-order valence-corrected chi connectivity index (χ1v) is 8.51. The molecule has 0 saturated heterocycles. The van der Waals surface area contributed by atoms with E-state index in [4.69, 9.17) is 16.6 Å². The van der Waals surface area contributed by atoms with Gasteiger partial charge in [-0.1, -0.05) is 13.8 Å². The predicted molar refractivity (Wildman–Crippen MR) is 85.5 cm³/mol. The van der Waals surface area contributed by atoms with Crippen LogP contribution in [0, 0.1) is 11.8 Å². The van der Waals surface area contributed by atoms with E-state index in [1.54, 1.807) is 0 Å². The van der Waals surface area contributed by atoms with Crippen LogP contribution in [0.4, 0.5) is 5.82 Å². The summed E-state index contributed by atoms with van der Waals surface area (Å²) in [6.07, 6.45) is 5.58. The van der Waals surface area contributed by atoms with E-state index in [1.165, 1.54) is 50.0 Å². The average Bonchev–Trinajstić information content (AvgIpc) is 3.32. The first-order valence-electron chi connectivity index (χ1n) is 7.97. The number of hydrogen-bond acceptors (Lipinski definition) is 2. The zero-order valence-electron chi connectivity index (χ0n) is 12.6. The Hall–Kier alpha value is -0.760. The lowest BCUT2D eigenvalue weighted by Crippen LogP contribution is -2.29. The Morgan fingerprint density at radius 2 is 1.75 bits per heavy atom. The summed E-state index contributed by atoms with van der Waals surface area (Å²) in [4.78, 5) is 7.44. The molecule has 3 rings (SSSR count). The second-order valence-electron chi connectivity index (χ2n) is 6.84. The molecule has 110 valence electrons. The fraction of sp³-hybridized carbons (Fsp3) is 0.706. The maximum Gasteiger partial charge on any atom is 0.129 e. The molecular formula is C17H25ClN2. The number of pyridine rings is 1. The summed E-state index contributed by atoms with van der Waals surface area (Å²) in [5.74, 6) is 4.00. The molecule has 0 bridgehead atoms. The lowest BCUT2D eigenvalue weighted by molar-refractivity contribution is 0.667. The van der Waals surface area contributed by atoms with Crippen molar-refractivity contribution in [2.45, 2.75) is 51.3 Å². The van der Waals surface area contributed by atoms with Crippen LogP contribution in [0.15, 0.2) is 12.1 Å². The van der Waals surface area contributed by atoms with Gasteiger partial charge in [-0.05, 0) is 61.1 Å². The molecule has 2 aliphatic carbocycles. The minimum Gasteiger partial charge on any atom is -0.356 e. The number of hydrogen-bond donors (Lipinski definition) is 0. The summed E-state index contributed by atoms with van der Waals surface area (Å²) >= 11 is 6.07. The van der Waals surface area contributed by atoms with Crippen LogP contribution in [-0.2, 0) is 5.88 Å². The molecule has 0 amide bonds. The van der Waals surface area contributed by atoms with E-state index >= 15 is 0 Å². The third-order valence-electron chi connectivity index (χ3n) is 4.31. The van der Waals surface area contributed by atoms with Crippen molar-refractivity contribution in [2.24, 2.45) is 11.8 Å². The number of anilines is 1. The minimum atomic E-state index is 0.459. The van der Waals surface area contributed by atoms with Gasteiger partial charge >= 0.3 is 0 Å². The molecule has 0 radical (unpaired) electrons. The molecule has 2 saturated carbocycles. The van der Waals surface area contributed by atoms with Crippen LogP contribution in [0.3, 0.4) is 0 Å². The Balaban J connectivity index is 1.84. The van der Waals surface area contributed by atoms with E-state index in [0.29, 0.717) is 11.8 Å². The quantitative estimate of drug-likeness (QED) is 0.684. The molecule has 0 N–H and O–H groups in total. The van der Waals surface area contributed by atoms with Gasteiger partial charge in [-0.3, -0.25) is 0 Å². The van der Waals surface area contributed by atoms with Crippen molar-refractivity contribution in [3.05, 3.63) is 23.4 Å². The number of nitrogens with zero attached hydrogens (tertiary/aromatic N) is 2. The average molecular weight is 293 g/mol. The van der Waals surface area contributed by atoms with E-state index in [0.717, 1.165) is 17.7 Å². The van der Waals surface area contributed by atoms with Crippen molar-refractivity contribution >= 4 is 17.4 Å². The van der Waals surface area contributed by atoms with E-state index in [1.807, 2.05) is 0 Å². The van der Waals surface area contributed by atoms with Gasteiger partial charge in [-0.15, -0.1) is 11.6 Å². The number of rotatable bonds is 7. The van der Waals surface area contributed by atoms with Gasteiger partial charge in [-0.2, -0.15) is 0 Å². The summed E-state index contributed by atoms with van der Waals surface area (Å²) in [5.41, 5.74) is 2.38. The molecule has 20 heavy (non-hydrogen) atoms. The summed E-state index contributed by atoms with van der Waals surface area (Å²) in [6, 6.07) is 4.36. The van der Waals surface area contributed by atoms with Crippen LogP contribution in [0.1, 0.15) is 56.7 Å². The van der Waals surface area contributed by atoms with Crippen LogP contribution in [0.2, 0.25) is 0 Å². The van der Waals surface area contributed by atoms with Crippen LogP contribution < -0.4 is 4.90 Å². The van der Waals surface area contributed by atoms with Crippen LogP contribution in [0.25, 0.3) is 0 Å². The highest BCUT2D eigenvalue weighted by molar-refractivity contribution is 6.17. The molecule has 0 atom stereocenters. The molecule has 0 unspecified atom stereocenters. The zero-order valence-corrected chi connectivity index (χ0v) is 13.4. The van der Waals surface area contributed by atoms with Gasteiger partial charge in [0, 0.05) is 24.7 Å². The largest absolute Gasteiger partial charge is 0.356 e. The lowest BCUT2D eigenvalue weighted by atomic mass is 10.1. The monoisotopic (exact) mass is 292 g/mol. The molecule has 2 nitrogen and oxygen atoms in total. The highest BCUT2D eigenvalue weighted by atomic mass is 35.5. The molecule has 0 aliphatic heterocycles. The third kappa shape index (κ3) is 3.66. The lowest BCUT2D eigenvalue weighted by Gasteiger charge is -2.25. The van der Waals surface area contributed by atoms with Gasteiger partial charge in [0.15, 0.2) is 0 Å².